The van der Waals surface area contributed by atoms with Crippen LogP contribution in [0, 0.1) is 0 Å². The minimum absolute atomic E-state index is 0.534. The molecule has 54 valence electrons. The van der Waals surface area contributed by atoms with Crippen molar-refractivity contribution < 1.29 is 9.09 Å². The van der Waals surface area contributed by atoms with Gasteiger partial charge in [0.1, 0.15) is 0 Å². The lowest BCUT2D eigenvalue weighted by atomic mass is 10.5. The van der Waals surface area contributed by atoms with Gasteiger partial charge in [0, 0.05) is 0 Å². The molecular weight excluding hydrogens is 135 g/mol. The van der Waals surface area contributed by atoms with Crippen LogP contribution in [0.3, 0.4) is 0 Å². The van der Waals surface area contributed by atoms with Gasteiger partial charge in [-0.05, 0) is 19.2 Å². The molecule has 0 radical (unpaired) electrons. The molecule has 0 aliphatic carbocycles. The van der Waals surface area contributed by atoms with Crippen molar-refractivity contribution in [2.24, 2.45) is 0 Å². The zero-order valence-corrected chi connectivity index (χ0v) is 6.89. The van der Waals surface area contributed by atoms with Crippen LogP contribution in [0.15, 0.2) is 11.9 Å². The molecule has 0 aromatic carbocycles. The van der Waals surface area contributed by atoms with Crippen LogP contribution in [0.1, 0.15) is 20.3 Å². The molecule has 0 N–H and O–H groups in total. The molecule has 0 bridgehead atoms. The van der Waals surface area contributed by atoms with Crippen LogP contribution in [-0.2, 0) is 9.09 Å². The highest BCUT2D eigenvalue weighted by Gasteiger charge is 1.86. The van der Waals surface area contributed by atoms with E-state index in [-0.39, 0.29) is 0 Å². The Morgan fingerprint density at radius 2 is 2.22 bits per heavy atom. The molecule has 0 saturated heterocycles. The van der Waals surface area contributed by atoms with E-state index < -0.39 is 8.03 Å². The van der Waals surface area contributed by atoms with E-state index in [9.17, 15) is 4.57 Å². The third kappa shape index (κ3) is 5.81. The summed E-state index contributed by atoms with van der Waals surface area (Å²) in [6, 6.07) is 0. The average Bonchev–Trinajstić information content (AvgIpc) is 1.85. The molecule has 9 heavy (non-hydrogen) atoms. The lowest BCUT2D eigenvalue weighted by Crippen LogP contribution is -1.72. The highest BCUT2D eigenvalue weighted by atomic mass is 31.1. The maximum absolute atomic E-state index is 10.7. The first-order valence-electron chi connectivity index (χ1n) is 3.14. The zero-order valence-electron chi connectivity index (χ0n) is 5.89. The maximum atomic E-state index is 10.7. The van der Waals surface area contributed by atoms with E-state index in [0.29, 0.717) is 6.61 Å². The molecule has 0 amide bonds. The van der Waals surface area contributed by atoms with Crippen molar-refractivity contribution >= 4 is 8.03 Å². The lowest BCUT2D eigenvalue weighted by molar-refractivity contribution is 0.356. The van der Waals surface area contributed by atoms with E-state index in [4.69, 9.17) is 4.52 Å². The normalized spacial score (nSPS) is 14.4. The second-order valence-corrected chi connectivity index (χ2v) is 2.82. The van der Waals surface area contributed by atoms with E-state index in [1.165, 1.54) is 0 Å². The first-order chi connectivity index (χ1) is 4.31. The van der Waals surface area contributed by atoms with Crippen molar-refractivity contribution in [1.82, 2.24) is 0 Å². The van der Waals surface area contributed by atoms with E-state index in [1.807, 2.05) is 19.9 Å². The van der Waals surface area contributed by atoms with E-state index in [1.54, 1.807) is 5.82 Å². The molecular formula is C6H13O2P. The molecule has 0 spiro atoms. The van der Waals surface area contributed by atoms with E-state index in [2.05, 4.69) is 0 Å². The van der Waals surface area contributed by atoms with Crippen LogP contribution in [0.2, 0.25) is 0 Å². The summed E-state index contributed by atoms with van der Waals surface area (Å²) >= 11 is 0. The van der Waals surface area contributed by atoms with Crippen LogP contribution < -0.4 is 0 Å². The standard InChI is InChI=1S/C6H13O2P/c1-3-5-6-9(7)8-4-2/h5-6,9H,3-4H2,1-2H3. The molecule has 0 rings (SSSR count). The van der Waals surface area contributed by atoms with Crippen LogP contribution >= 0.6 is 8.03 Å². The Hall–Kier alpha value is -0.0700. The van der Waals surface area contributed by atoms with Gasteiger partial charge in [-0.3, -0.25) is 4.57 Å². The Labute approximate surface area is 56.8 Å². The first kappa shape index (κ1) is 8.93. The van der Waals surface area contributed by atoms with Crippen molar-refractivity contribution in [3.05, 3.63) is 11.9 Å². The second-order valence-electron chi connectivity index (χ2n) is 1.56. The smallest absolute Gasteiger partial charge is 0.213 e. The third-order valence-electron chi connectivity index (χ3n) is 0.776. The maximum Gasteiger partial charge on any atom is 0.213 e. The molecule has 0 saturated carbocycles. The molecule has 2 nitrogen and oxygen atoms in total. The second kappa shape index (κ2) is 6.06. The van der Waals surface area contributed by atoms with Gasteiger partial charge in [0.05, 0.1) is 6.61 Å². The highest BCUT2D eigenvalue weighted by Crippen LogP contribution is 2.22. The molecule has 1 atom stereocenters. The van der Waals surface area contributed by atoms with Gasteiger partial charge in [-0.15, -0.1) is 0 Å². The minimum atomic E-state index is -1.83. The molecule has 1 unspecified atom stereocenters. The Balaban J connectivity index is 3.37. The summed E-state index contributed by atoms with van der Waals surface area (Å²) in [6.45, 7) is 4.37. The van der Waals surface area contributed by atoms with Gasteiger partial charge >= 0.3 is 0 Å². The monoisotopic (exact) mass is 148 g/mol. The van der Waals surface area contributed by atoms with Gasteiger partial charge in [0.2, 0.25) is 8.03 Å². The SMILES string of the molecule is CCC=C[PH](=O)OCC. The molecule has 0 aliphatic rings. The predicted molar refractivity (Wildman–Crippen MR) is 40.1 cm³/mol. The Morgan fingerprint density at radius 1 is 1.56 bits per heavy atom. The summed E-state index contributed by atoms with van der Waals surface area (Å²) in [7, 11) is -1.83. The summed E-state index contributed by atoms with van der Waals surface area (Å²) in [5, 5.41) is 0. The van der Waals surface area contributed by atoms with Gasteiger partial charge in [-0.25, -0.2) is 0 Å². The van der Waals surface area contributed by atoms with Crippen molar-refractivity contribution in [3.8, 4) is 0 Å². The summed E-state index contributed by atoms with van der Waals surface area (Å²) in [5.74, 6) is 1.63. The third-order valence-corrected chi connectivity index (χ3v) is 1.86. The molecule has 0 aromatic rings. The van der Waals surface area contributed by atoms with Crippen LogP contribution in [-0.4, -0.2) is 6.61 Å². The fourth-order valence-electron chi connectivity index (χ4n) is 0.404. The van der Waals surface area contributed by atoms with Crippen LogP contribution in [0.4, 0.5) is 0 Å². The zero-order chi connectivity index (χ0) is 7.11. The van der Waals surface area contributed by atoms with Gasteiger partial charge in [0.15, 0.2) is 0 Å². The van der Waals surface area contributed by atoms with Crippen molar-refractivity contribution in [3.63, 3.8) is 0 Å². The minimum Gasteiger partial charge on any atom is -0.328 e. The fraction of sp³-hybridized carbons (Fsp3) is 0.667. The molecule has 0 fully saturated rings. The van der Waals surface area contributed by atoms with Crippen molar-refractivity contribution in [1.29, 1.82) is 0 Å². The van der Waals surface area contributed by atoms with Gasteiger partial charge in [-0.2, -0.15) is 0 Å². The number of hydrogen-bond donors (Lipinski definition) is 0. The Bertz CT molecular complexity index is 110. The molecule has 0 heterocycles. The van der Waals surface area contributed by atoms with Gasteiger partial charge in [-0.1, -0.05) is 13.0 Å². The van der Waals surface area contributed by atoms with E-state index in [0.717, 1.165) is 6.42 Å². The van der Waals surface area contributed by atoms with Crippen molar-refractivity contribution in [2.75, 3.05) is 6.61 Å². The molecule has 0 aromatic heterocycles. The number of rotatable bonds is 4. The number of allylic oxidation sites excluding steroid dienone is 1. The largest absolute Gasteiger partial charge is 0.328 e. The van der Waals surface area contributed by atoms with Crippen LogP contribution in [0.25, 0.3) is 0 Å². The fourth-order valence-corrected chi connectivity index (χ4v) is 1.21. The summed E-state index contributed by atoms with van der Waals surface area (Å²) < 4.78 is 15.5. The summed E-state index contributed by atoms with van der Waals surface area (Å²) in [4.78, 5) is 0. The van der Waals surface area contributed by atoms with Crippen molar-refractivity contribution in [2.45, 2.75) is 20.3 Å². The topological polar surface area (TPSA) is 26.3 Å². The van der Waals surface area contributed by atoms with Gasteiger partial charge in [0.25, 0.3) is 0 Å². The lowest BCUT2D eigenvalue weighted by Gasteiger charge is -1.91. The summed E-state index contributed by atoms with van der Waals surface area (Å²) in [5.41, 5.74) is 0. The highest BCUT2D eigenvalue weighted by molar-refractivity contribution is 7.42. The Kier molecular flexibility index (Phi) is 6.01. The van der Waals surface area contributed by atoms with Crippen LogP contribution in [0.5, 0.6) is 0 Å². The Morgan fingerprint density at radius 3 is 2.67 bits per heavy atom. The molecule has 3 heteroatoms. The van der Waals surface area contributed by atoms with Gasteiger partial charge < -0.3 is 4.52 Å². The first-order valence-corrected chi connectivity index (χ1v) is 4.54. The predicted octanol–water partition coefficient (Wildman–Crippen LogP) is 2.42. The quantitative estimate of drug-likeness (QED) is 0.572. The molecule has 0 aliphatic heterocycles. The van der Waals surface area contributed by atoms with E-state index >= 15 is 0 Å². The average molecular weight is 148 g/mol. The summed E-state index contributed by atoms with van der Waals surface area (Å²) in [6.07, 6.45) is 2.78. The number of hydrogen-bond acceptors (Lipinski definition) is 2.